The highest BCUT2D eigenvalue weighted by molar-refractivity contribution is 5.69. The molecule has 1 heterocycles. The van der Waals surface area contributed by atoms with Crippen molar-refractivity contribution < 1.29 is 14.3 Å². The van der Waals surface area contributed by atoms with E-state index < -0.39 is 0 Å². The van der Waals surface area contributed by atoms with Gasteiger partial charge < -0.3 is 25.1 Å². The summed E-state index contributed by atoms with van der Waals surface area (Å²) in [6.45, 7) is 8.75. The van der Waals surface area contributed by atoms with Crippen LogP contribution < -0.4 is 10.6 Å². The number of esters is 1. The number of unbranched alkanes of at least 4 members (excludes halogenated alkanes) is 19. The summed E-state index contributed by atoms with van der Waals surface area (Å²) in [4.78, 5) is 34.5. The molecular weight excluding hydrogens is 610 g/mol. The van der Waals surface area contributed by atoms with Gasteiger partial charge in [0.1, 0.15) is 30.4 Å². The van der Waals surface area contributed by atoms with Gasteiger partial charge in [0.25, 0.3) is 0 Å². The Kier molecular flexibility index (Phi) is 31.3. The number of nitrogens with zero attached hydrogens (tertiary/aromatic N) is 3. The van der Waals surface area contributed by atoms with E-state index in [1.807, 2.05) is 13.1 Å². The summed E-state index contributed by atoms with van der Waals surface area (Å²) in [5.41, 5.74) is 0. The third-order valence-corrected chi connectivity index (χ3v) is 9.59. The van der Waals surface area contributed by atoms with Gasteiger partial charge in [0, 0.05) is 32.5 Å². The van der Waals surface area contributed by atoms with Crippen LogP contribution in [0.5, 0.6) is 0 Å². The van der Waals surface area contributed by atoms with Gasteiger partial charge in [-0.1, -0.05) is 117 Å². The maximum Gasteiger partial charge on any atom is 0.306 e. The Labute approximate surface area is 302 Å². The number of carbonyl (C=O) groups is 2. The lowest BCUT2D eigenvalue weighted by Crippen LogP contribution is -2.28. The van der Waals surface area contributed by atoms with Crippen molar-refractivity contribution >= 4 is 23.9 Å². The Morgan fingerprint density at radius 3 is 1.80 bits per heavy atom. The minimum absolute atomic E-state index is 0.0251. The van der Waals surface area contributed by atoms with Crippen LogP contribution in [0.4, 0.5) is 11.6 Å². The molecule has 0 amide bonds. The molecule has 0 unspecified atom stereocenters. The molecule has 0 spiro atoms. The smallest absolute Gasteiger partial charge is 0.306 e. The van der Waals surface area contributed by atoms with Crippen LogP contribution in [0, 0.1) is 0 Å². The molecular formula is C41H77N5O3. The van der Waals surface area contributed by atoms with Crippen LogP contribution in [0.25, 0.3) is 0 Å². The Hall–Kier alpha value is -2.22. The van der Waals surface area contributed by atoms with Gasteiger partial charge in [-0.05, 0) is 77.4 Å². The summed E-state index contributed by atoms with van der Waals surface area (Å²) in [5, 5.41) is 6.50. The number of hydrogen-bond donors (Lipinski definition) is 2. The number of aldehydes is 1. The lowest BCUT2D eigenvalue weighted by Gasteiger charge is -2.22. The van der Waals surface area contributed by atoms with Crippen molar-refractivity contribution in [3.8, 4) is 0 Å². The average Bonchev–Trinajstić information content (AvgIpc) is 3.11. The zero-order valence-electron chi connectivity index (χ0n) is 32.3. The van der Waals surface area contributed by atoms with Crippen molar-refractivity contribution in [2.75, 3.05) is 43.9 Å². The molecule has 1 aromatic rings. The number of carbonyl (C=O) groups excluding carboxylic acids is 2. The largest absolute Gasteiger partial charge is 0.462 e. The van der Waals surface area contributed by atoms with E-state index in [1.165, 1.54) is 116 Å². The number of ether oxygens (including phenoxy) is 1. The molecule has 1 rings (SSSR count). The highest BCUT2D eigenvalue weighted by atomic mass is 16.5. The lowest BCUT2D eigenvalue weighted by molar-refractivity contribution is -0.150. The van der Waals surface area contributed by atoms with E-state index in [4.69, 9.17) is 4.74 Å². The molecule has 0 saturated carbocycles. The highest BCUT2D eigenvalue weighted by Crippen LogP contribution is 2.18. The van der Waals surface area contributed by atoms with Crippen molar-refractivity contribution in [2.24, 2.45) is 0 Å². The van der Waals surface area contributed by atoms with E-state index >= 15 is 0 Å². The fourth-order valence-electron chi connectivity index (χ4n) is 6.49. The maximum absolute atomic E-state index is 12.8. The van der Waals surface area contributed by atoms with Gasteiger partial charge >= 0.3 is 5.97 Å². The van der Waals surface area contributed by atoms with Gasteiger partial charge in [-0.25, -0.2) is 9.97 Å². The highest BCUT2D eigenvalue weighted by Gasteiger charge is 2.14. The predicted molar refractivity (Wildman–Crippen MR) is 208 cm³/mol. The number of hydrogen-bond acceptors (Lipinski definition) is 8. The van der Waals surface area contributed by atoms with E-state index in [9.17, 15) is 9.59 Å². The Morgan fingerprint density at radius 1 is 0.694 bits per heavy atom. The molecule has 284 valence electrons. The summed E-state index contributed by atoms with van der Waals surface area (Å²) in [5.74, 6) is 1.70. The van der Waals surface area contributed by atoms with E-state index in [1.54, 1.807) is 6.33 Å². The minimum atomic E-state index is 0.0251. The van der Waals surface area contributed by atoms with Crippen molar-refractivity contribution in [3.63, 3.8) is 0 Å². The van der Waals surface area contributed by atoms with E-state index in [0.717, 1.165) is 89.0 Å². The molecule has 0 atom stereocenters. The lowest BCUT2D eigenvalue weighted by atomic mass is 10.0. The molecule has 8 nitrogen and oxygen atoms in total. The van der Waals surface area contributed by atoms with Gasteiger partial charge in [0.15, 0.2) is 0 Å². The number of rotatable bonds is 37. The quantitative estimate of drug-likeness (QED) is 0.0405. The van der Waals surface area contributed by atoms with E-state index in [0.29, 0.717) is 12.8 Å². The minimum Gasteiger partial charge on any atom is -0.462 e. The van der Waals surface area contributed by atoms with Gasteiger partial charge in [-0.3, -0.25) is 4.79 Å². The second kappa shape index (κ2) is 34.2. The van der Waals surface area contributed by atoms with Crippen LogP contribution in [0.2, 0.25) is 0 Å². The van der Waals surface area contributed by atoms with Gasteiger partial charge in [-0.15, -0.1) is 0 Å². The molecule has 0 aromatic carbocycles. The fourth-order valence-corrected chi connectivity index (χ4v) is 6.49. The molecule has 0 bridgehead atoms. The fraction of sp³-hybridized carbons (Fsp3) is 0.854. The number of aromatic nitrogens is 2. The van der Waals surface area contributed by atoms with Gasteiger partial charge in [0.2, 0.25) is 0 Å². The van der Waals surface area contributed by atoms with Crippen molar-refractivity contribution in [3.05, 3.63) is 12.4 Å². The third kappa shape index (κ3) is 28.2. The molecule has 1 aromatic heterocycles. The molecule has 0 radical (unpaired) electrons. The first-order chi connectivity index (χ1) is 24.1. The standard InChI is InChI=1S/C41H77N5O3/c1-4-6-8-10-15-21-28-38(29-22-16-11-9-7-5-2)49-41(48)30-23-17-14-19-25-33-46(32-24-18-12-13-20-26-35-47)34-27-31-43-40-36-39(42-3)44-37-45-40/h35-38H,4-34H2,1-3H3,(H2,42,43,44,45). The van der Waals surface area contributed by atoms with Crippen LogP contribution in [-0.4, -0.2) is 66.5 Å². The second-order valence-corrected chi connectivity index (χ2v) is 14.1. The molecule has 0 aliphatic rings. The Bertz CT molecular complexity index is 870. The molecule has 0 aliphatic heterocycles. The van der Waals surface area contributed by atoms with Crippen LogP contribution in [0.15, 0.2) is 12.4 Å². The summed E-state index contributed by atoms with van der Waals surface area (Å²) < 4.78 is 6.05. The summed E-state index contributed by atoms with van der Waals surface area (Å²) >= 11 is 0. The number of nitrogens with one attached hydrogen (secondary N) is 2. The van der Waals surface area contributed by atoms with Crippen molar-refractivity contribution in [1.29, 1.82) is 0 Å². The third-order valence-electron chi connectivity index (χ3n) is 9.59. The monoisotopic (exact) mass is 688 g/mol. The van der Waals surface area contributed by atoms with E-state index in [-0.39, 0.29) is 12.1 Å². The topological polar surface area (TPSA) is 96.5 Å². The normalized spacial score (nSPS) is 11.4. The first-order valence-electron chi connectivity index (χ1n) is 20.7. The zero-order valence-corrected chi connectivity index (χ0v) is 32.3. The van der Waals surface area contributed by atoms with Crippen molar-refractivity contribution in [2.45, 2.75) is 193 Å². The zero-order chi connectivity index (χ0) is 35.5. The summed E-state index contributed by atoms with van der Waals surface area (Å²) in [6, 6.07) is 1.94. The first kappa shape index (κ1) is 44.8. The summed E-state index contributed by atoms with van der Waals surface area (Å²) in [7, 11) is 1.87. The predicted octanol–water partition coefficient (Wildman–Crippen LogP) is 10.9. The average molecular weight is 688 g/mol. The SMILES string of the molecule is CCCCCCCCC(CCCCCCCC)OC(=O)CCCCCCCN(CCCCCCCC=O)CCCNc1cc(NC)ncn1. The molecule has 8 heteroatoms. The molecule has 49 heavy (non-hydrogen) atoms. The van der Waals surface area contributed by atoms with Gasteiger partial charge in [0.05, 0.1) is 0 Å². The van der Waals surface area contributed by atoms with Crippen LogP contribution in [0.3, 0.4) is 0 Å². The second-order valence-electron chi connectivity index (χ2n) is 14.1. The van der Waals surface area contributed by atoms with Crippen LogP contribution in [0.1, 0.15) is 187 Å². The van der Waals surface area contributed by atoms with Gasteiger partial charge in [-0.2, -0.15) is 0 Å². The van der Waals surface area contributed by atoms with Crippen molar-refractivity contribution in [1.82, 2.24) is 14.9 Å². The van der Waals surface area contributed by atoms with Crippen LogP contribution in [-0.2, 0) is 14.3 Å². The number of anilines is 2. The molecule has 0 aliphatic carbocycles. The van der Waals surface area contributed by atoms with E-state index in [2.05, 4.69) is 39.3 Å². The maximum atomic E-state index is 12.8. The van der Waals surface area contributed by atoms with Crippen LogP contribution >= 0.6 is 0 Å². The molecule has 0 fully saturated rings. The Morgan fingerprint density at radius 2 is 1.20 bits per heavy atom. The first-order valence-corrected chi connectivity index (χ1v) is 20.7. The summed E-state index contributed by atoms with van der Waals surface area (Å²) in [6.07, 6.45) is 34.1. The Balaban J connectivity index is 2.33. The molecule has 0 saturated heterocycles. The molecule has 2 N–H and O–H groups in total.